The van der Waals surface area contributed by atoms with Crippen molar-refractivity contribution in [2.24, 2.45) is 0 Å². The third kappa shape index (κ3) is 9.52. The number of ether oxygens (including phenoxy) is 1. The highest BCUT2D eigenvalue weighted by Gasteiger charge is 2.26. The van der Waals surface area contributed by atoms with Crippen LogP contribution in [0.1, 0.15) is 19.8 Å². The van der Waals surface area contributed by atoms with Crippen LogP contribution in [0.4, 0.5) is 13.2 Å². The van der Waals surface area contributed by atoms with E-state index in [9.17, 15) is 18.0 Å². The summed E-state index contributed by atoms with van der Waals surface area (Å²) in [6, 6.07) is 0. The number of hydrogen-bond acceptors (Lipinski definition) is 3. The Morgan fingerprint density at radius 3 is 2.47 bits per heavy atom. The second-order valence-electron chi connectivity index (χ2n) is 3.26. The lowest BCUT2D eigenvalue weighted by atomic mass is 10.3. The van der Waals surface area contributed by atoms with Gasteiger partial charge in [-0.25, -0.2) is 0 Å². The largest absolute Gasteiger partial charge is 0.465 e. The Balaban J connectivity index is 3.57. The number of alkyl halides is 3. The Bertz CT molecular complexity index is 194. The van der Waals surface area contributed by atoms with Gasteiger partial charge >= 0.3 is 12.1 Å². The molecular weight excluding hydrogens is 211 g/mol. The van der Waals surface area contributed by atoms with Crippen molar-refractivity contribution in [1.82, 2.24) is 4.90 Å². The van der Waals surface area contributed by atoms with Crippen molar-refractivity contribution < 1.29 is 22.7 Å². The van der Waals surface area contributed by atoms with Gasteiger partial charge in [0.25, 0.3) is 0 Å². The fourth-order valence-electron chi connectivity index (χ4n) is 1.06. The summed E-state index contributed by atoms with van der Waals surface area (Å²) in [6.07, 6.45) is -4.94. The highest BCUT2D eigenvalue weighted by atomic mass is 19.4. The zero-order valence-electron chi connectivity index (χ0n) is 8.93. The van der Waals surface area contributed by atoms with E-state index < -0.39 is 18.6 Å². The number of likely N-dealkylation sites (N-methyl/N-ethyl adjacent to an activating group) is 1. The van der Waals surface area contributed by atoms with Crippen LogP contribution in [0.15, 0.2) is 0 Å². The molecule has 0 saturated carbocycles. The average molecular weight is 227 g/mol. The lowest BCUT2D eigenvalue weighted by Gasteiger charge is -2.15. The first kappa shape index (κ1) is 14.2. The Labute approximate surface area is 87.2 Å². The minimum Gasteiger partial charge on any atom is -0.465 e. The maximum absolute atomic E-state index is 11.8. The van der Waals surface area contributed by atoms with Gasteiger partial charge in [-0.3, -0.25) is 9.69 Å². The minimum atomic E-state index is -4.12. The summed E-state index contributed by atoms with van der Waals surface area (Å²) >= 11 is 0. The molecule has 15 heavy (non-hydrogen) atoms. The molecule has 0 rings (SSSR count). The molecule has 0 atom stereocenters. The molecule has 0 aromatic rings. The van der Waals surface area contributed by atoms with E-state index in [2.05, 4.69) is 4.74 Å². The van der Waals surface area contributed by atoms with E-state index in [1.165, 1.54) is 4.90 Å². The molecule has 90 valence electrons. The highest BCUT2D eigenvalue weighted by Crippen LogP contribution is 2.21. The Morgan fingerprint density at radius 1 is 1.40 bits per heavy atom. The van der Waals surface area contributed by atoms with Crippen LogP contribution in [0.5, 0.6) is 0 Å². The molecule has 0 amide bonds. The lowest BCUT2D eigenvalue weighted by molar-refractivity contribution is -0.144. The second-order valence-corrected chi connectivity index (χ2v) is 3.26. The monoisotopic (exact) mass is 227 g/mol. The molecule has 0 aromatic carbocycles. The number of carbonyl (C=O) groups excluding carboxylic acids is 1. The molecule has 0 aromatic heterocycles. The van der Waals surface area contributed by atoms with Gasteiger partial charge in [0, 0.05) is 6.42 Å². The average Bonchev–Trinajstić information content (AvgIpc) is 2.01. The van der Waals surface area contributed by atoms with E-state index in [-0.39, 0.29) is 26.1 Å². The first-order chi connectivity index (χ1) is 6.85. The van der Waals surface area contributed by atoms with Crippen LogP contribution in [-0.2, 0) is 9.53 Å². The van der Waals surface area contributed by atoms with Gasteiger partial charge in [-0.2, -0.15) is 13.2 Å². The van der Waals surface area contributed by atoms with Crippen LogP contribution in [0, 0.1) is 0 Å². The number of nitrogens with zero attached hydrogens (tertiary/aromatic N) is 1. The molecule has 0 bridgehead atoms. The third-order valence-electron chi connectivity index (χ3n) is 1.70. The molecule has 0 unspecified atom stereocenters. The van der Waals surface area contributed by atoms with Gasteiger partial charge in [0.2, 0.25) is 0 Å². The predicted octanol–water partition coefficient (Wildman–Crippen LogP) is 1.82. The number of carbonyl (C=O) groups is 1. The predicted molar refractivity (Wildman–Crippen MR) is 49.4 cm³/mol. The SMILES string of the molecule is CCOC(=O)CN(C)CCCC(F)(F)F. The van der Waals surface area contributed by atoms with Crippen molar-refractivity contribution in [3.05, 3.63) is 0 Å². The molecule has 0 N–H and O–H groups in total. The van der Waals surface area contributed by atoms with Gasteiger partial charge < -0.3 is 4.74 Å². The zero-order valence-corrected chi connectivity index (χ0v) is 8.93. The van der Waals surface area contributed by atoms with E-state index in [1.807, 2.05) is 0 Å². The molecule has 0 fully saturated rings. The van der Waals surface area contributed by atoms with Crippen LogP contribution in [0.2, 0.25) is 0 Å². The third-order valence-corrected chi connectivity index (χ3v) is 1.70. The number of hydrogen-bond donors (Lipinski definition) is 0. The quantitative estimate of drug-likeness (QED) is 0.648. The van der Waals surface area contributed by atoms with Gasteiger partial charge in [-0.1, -0.05) is 0 Å². The van der Waals surface area contributed by atoms with Crippen molar-refractivity contribution >= 4 is 5.97 Å². The molecule has 0 saturated heterocycles. The van der Waals surface area contributed by atoms with Gasteiger partial charge in [-0.05, 0) is 26.9 Å². The molecule has 0 radical (unpaired) electrons. The van der Waals surface area contributed by atoms with Crippen LogP contribution in [-0.4, -0.2) is 43.8 Å². The Kier molecular flexibility index (Phi) is 6.31. The molecule has 0 aliphatic carbocycles. The summed E-state index contributed by atoms with van der Waals surface area (Å²) in [5.41, 5.74) is 0. The second kappa shape index (κ2) is 6.66. The minimum absolute atomic E-state index is 0.000590. The van der Waals surface area contributed by atoms with Gasteiger partial charge in [0.1, 0.15) is 0 Å². The topological polar surface area (TPSA) is 29.5 Å². The Morgan fingerprint density at radius 2 is 2.00 bits per heavy atom. The van der Waals surface area contributed by atoms with E-state index in [1.54, 1.807) is 14.0 Å². The molecule has 0 aliphatic rings. The first-order valence-corrected chi connectivity index (χ1v) is 4.76. The molecule has 0 aliphatic heterocycles. The molecular formula is C9H16F3NO2. The van der Waals surface area contributed by atoms with Gasteiger partial charge in [-0.15, -0.1) is 0 Å². The van der Waals surface area contributed by atoms with E-state index in [4.69, 9.17) is 0 Å². The summed E-state index contributed by atoms with van der Waals surface area (Å²) in [5.74, 6) is -0.410. The first-order valence-electron chi connectivity index (χ1n) is 4.76. The standard InChI is InChI=1S/C9H16F3NO2/c1-3-15-8(14)7-13(2)6-4-5-9(10,11)12/h3-7H2,1-2H3. The van der Waals surface area contributed by atoms with Gasteiger partial charge in [0.15, 0.2) is 0 Å². The van der Waals surface area contributed by atoms with Crippen LogP contribution in [0.25, 0.3) is 0 Å². The van der Waals surface area contributed by atoms with Crippen molar-refractivity contribution in [2.45, 2.75) is 25.9 Å². The van der Waals surface area contributed by atoms with Crippen LogP contribution in [0.3, 0.4) is 0 Å². The van der Waals surface area contributed by atoms with E-state index >= 15 is 0 Å². The number of esters is 1. The highest BCUT2D eigenvalue weighted by molar-refractivity contribution is 5.71. The van der Waals surface area contributed by atoms with Crippen LogP contribution < -0.4 is 0 Å². The van der Waals surface area contributed by atoms with E-state index in [0.29, 0.717) is 0 Å². The zero-order chi connectivity index (χ0) is 11.9. The summed E-state index contributed by atoms with van der Waals surface area (Å²) in [6.45, 7) is 2.24. The fourth-order valence-corrected chi connectivity index (χ4v) is 1.06. The van der Waals surface area contributed by atoms with Crippen LogP contribution >= 0.6 is 0 Å². The molecule has 0 spiro atoms. The molecule has 0 heterocycles. The Hall–Kier alpha value is -0.780. The maximum Gasteiger partial charge on any atom is 0.389 e. The summed E-state index contributed by atoms with van der Waals surface area (Å²) < 4.78 is 40.0. The summed E-state index contributed by atoms with van der Waals surface area (Å²) in [4.78, 5) is 12.4. The normalized spacial score (nSPS) is 11.9. The van der Waals surface area contributed by atoms with Crippen molar-refractivity contribution in [1.29, 1.82) is 0 Å². The maximum atomic E-state index is 11.8. The number of halogens is 3. The van der Waals surface area contributed by atoms with Crippen molar-refractivity contribution in [3.8, 4) is 0 Å². The molecule has 6 heteroatoms. The number of rotatable bonds is 6. The molecule has 3 nitrogen and oxygen atoms in total. The van der Waals surface area contributed by atoms with E-state index in [0.717, 1.165) is 0 Å². The fraction of sp³-hybridized carbons (Fsp3) is 0.889. The van der Waals surface area contributed by atoms with Crippen molar-refractivity contribution in [2.75, 3.05) is 26.7 Å². The summed E-state index contributed by atoms with van der Waals surface area (Å²) in [5, 5.41) is 0. The lowest BCUT2D eigenvalue weighted by Crippen LogP contribution is -2.29. The smallest absolute Gasteiger partial charge is 0.389 e. The summed E-state index contributed by atoms with van der Waals surface area (Å²) in [7, 11) is 1.59. The van der Waals surface area contributed by atoms with Crippen molar-refractivity contribution in [3.63, 3.8) is 0 Å². The van der Waals surface area contributed by atoms with Gasteiger partial charge in [0.05, 0.1) is 13.2 Å².